The molecule has 0 aliphatic heterocycles. The summed E-state index contributed by atoms with van der Waals surface area (Å²) in [6.45, 7) is 6.48. The van der Waals surface area contributed by atoms with Crippen LogP contribution in [0, 0.1) is 0 Å². The van der Waals surface area contributed by atoms with E-state index in [1.807, 2.05) is 0 Å². The van der Waals surface area contributed by atoms with Gasteiger partial charge in [-0.3, -0.25) is 0 Å². The van der Waals surface area contributed by atoms with Crippen LogP contribution in [0.4, 0.5) is 11.6 Å². The summed E-state index contributed by atoms with van der Waals surface area (Å²) in [6.07, 6.45) is 5.68. The van der Waals surface area contributed by atoms with E-state index in [-0.39, 0.29) is 0 Å². The molecule has 0 fully saturated rings. The molecule has 0 aliphatic carbocycles. The molecule has 0 radical (unpaired) electrons. The lowest BCUT2D eigenvalue weighted by molar-refractivity contribution is 0.666. The lowest BCUT2D eigenvalue weighted by atomic mass is 10.1. The number of hydrogen-bond acceptors (Lipinski definition) is 4. The predicted molar refractivity (Wildman–Crippen MR) is 68.4 cm³/mol. The Labute approximate surface area is 97.7 Å². The highest BCUT2D eigenvalue weighted by atomic mass is 15.1. The summed E-state index contributed by atoms with van der Waals surface area (Å²) >= 11 is 0. The van der Waals surface area contributed by atoms with Gasteiger partial charge in [0.15, 0.2) is 0 Å². The fourth-order valence-electron chi connectivity index (χ4n) is 1.73. The fourth-order valence-corrected chi connectivity index (χ4v) is 1.73. The molecule has 0 amide bonds. The van der Waals surface area contributed by atoms with Gasteiger partial charge in [0.25, 0.3) is 0 Å². The Morgan fingerprint density at radius 3 is 2.50 bits per heavy atom. The van der Waals surface area contributed by atoms with Crippen molar-refractivity contribution in [1.82, 2.24) is 9.97 Å². The van der Waals surface area contributed by atoms with Crippen LogP contribution in [0.5, 0.6) is 0 Å². The SMILES string of the molecule is CCCc1c(N)ncnc1NC(CC)CC. The molecule has 1 aromatic rings. The Bertz CT molecular complexity index is 321. The Morgan fingerprint density at radius 2 is 1.94 bits per heavy atom. The third-order valence-corrected chi connectivity index (χ3v) is 2.81. The molecular formula is C12H22N4. The first kappa shape index (κ1) is 12.7. The van der Waals surface area contributed by atoms with E-state index in [0.717, 1.165) is 37.1 Å². The van der Waals surface area contributed by atoms with Gasteiger partial charge in [-0.05, 0) is 19.3 Å². The molecule has 4 heteroatoms. The third kappa shape index (κ3) is 3.08. The van der Waals surface area contributed by atoms with Gasteiger partial charge < -0.3 is 11.1 Å². The zero-order chi connectivity index (χ0) is 12.0. The Balaban J connectivity index is 2.89. The van der Waals surface area contributed by atoms with E-state index in [1.165, 1.54) is 6.33 Å². The maximum atomic E-state index is 5.87. The van der Waals surface area contributed by atoms with Crippen molar-refractivity contribution >= 4 is 11.6 Å². The number of rotatable bonds is 6. The first-order chi connectivity index (χ1) is 7.72. The van der Waals surface area contributed by atoms with Crippen molar-refractivity contribution in [3.8, 4) is 0 Å². The lowest BCUT2D eigenvalue weighted by Crippen LogP contribution is -2.19. The number of nitrogens with two attached hydrogens (primary N) is 1. The normalized spacial score (nSPS) is 10.8. The Kier molecular flexibility index (Phi) is 5.02. The lowest BCUT2D eigenvalue weighted by Gasteiger charge is -2.18. The number of aromatic nitrogens is 2. The van der Waals surface area contributed by atoms with E-state index in [9.17, 15) is 0 Å². The van der Waals surface area contributed by atoms with E-state index in [1.54, 1.807) is 0 Å². The second-order valence-corrected chi connectivity index (χ2v) is 3.99. The second-order valence-electron chi connectivity index (χ2n) is 3.99. The Morgan fingerprint density at radius 1 is 1.25 bits per heavy atom. The van der Waals surface area contributed by atoms with Crippen LogP contribution in [0.2, 0.25) is 0 Å². The van der Waals surface area contributed by atoms with Crippen LogP contribution >= 0.6 is 0 Å². The summed E-state index contributed by atoms with van der Waals surface area (Å²) in [7, 11) is 0. The average Bonchev–Trinajstić information content (AvgIpc) is 2.30. The van der Waals surface area contributed by atoms with Crippen molar-refractivity contribution < 1.29 is 0 Å². The van der Waals surface area contributed by atoms with Crippen molar-refractivity contribution in [2.45, 2.75) is 52.5 Å². The third-order valence-electron chi connectivity index (χ3n) is 2.81. The molecule has 4 nitrogen and oxygen atoms in total. The van der Waals surface area contributed by atoms with Crippen LogP contribution in [0.25, 0.3) is 0 Å². The molecule has 0 saturated carbocycles. The van der Waals surface area contributed by atoms with Gasteiger partial charge in [0.05, 0.1) is 0 Å². The molecule has 1 heterocycles. The van der Waals surface area contributed by atoms with Gasteiger partial charge in [0.2, 0.25) is 0 Å². The highest BCUT2D eigenvalue weighted by Crippen LogP contribution is 2.20. The minimum absolute atomic E-state index is 0.463. The first-order valence-electron chi connectivity index (χ1n) is 6.08. The summed E-state index contributed by atoms with van der Waals surface area (Å²) in [4.78, 5) is 8.34. The molecule has 0 saturated heterocycles. The molecule has 0 bridgehead atoms. The summed E-state index contributed by atoms with van der Waals surface area (Å²) in [5.41, 5.74) is 6.93. The first-order valence-corrected chi connectivity index (χ1v) is 6.08. The van der Waals surface area contributed by atoms with Crippen LogP contribution in [-0.4, -0.2) is 16.0 Å². The molecule has 90 valence electrons. The van der Waals surface area contributed by atoms with Crippen LogP contribution < -0.4 is 11.1 Å². The zero-order valence-electron chi connectivity index (χ0n) is 10.5. The predicted octanol–water partition coefficient (Wildman–Crippen LogP) is 2.61. The summed E-state index contributed by atoms with van der Waals surface area (Å²) in [6, 6.07) is 0.463. The van der Waals surface area contributed by atoms with E-state index in [0.29, 0.717) is 11.9 Å². The molecule has 0 aliphatic rings. The standard InChI is InChI=1S/C12H22N4/c1-4-7-10-11(13)14-8-15-12(10)16-9(5-2)6-3/h8-9H,4-7H2,1-3H3,(H3,13,14,15,16). The van der Waals surface area contributed by atoms with Crippen LogP contribution in [0.1, 0.15) is 45.6 Å². The number of nitrogens with zero attached hydrogens (tertiary/aromatic N) is 2. The number of anilines is 2. The van der Waals surface area contributed by atoms with Crippen molar-refractivity contribution in [1.29, 1.82) is 0 Å². The largest absolute Gasteiger partial charge is 0.383 e. The highest BCUT2D eigenvalue weighted by Gasteiger charge is 2.11. The van der Waals surface area contributed by atoms with Crippen molar-refractivity contribution in [3.63, 3.8) is 0 Å². The van der Waals surface area contributed by atoms with Gasteiger partial charge in [-0.1, -0.05) is 27.2 Å². The van der Waals surface area contributed by atoms with E-state index in [4.69, 9.17) is 5.73 Å². The van der Waals surface area contributed by atoms with Crippen LogP contribution in [-0.2, 0) is 6.42 Å². The van der Waals surface area contributed by atoms with Gasteiger partial charge in [0.1, 0.15) is 18.0 Å². The van der Waals surface area contributed by atoms with Crippen LogP contribution in [0.3, 0.4) is 0 Å². The fraction of sp³-hybridized carbons (Fsp3) is 0.667. The molecule has 0 spiro atoms. The van der Waals surface area contributed by atoms with Crippen molar-refractivity contribution in [2.75, 3.05) is 11.1 Å². The molecule has 1 aromatic heterocycles. The average molecular weight is 222 g/mol. The van der Waals surface area contributed by atoms with Gasteiger partial charge in [0, 0.05) is 11.6 Å². The quantitative estimate of drug-likeness (QED) is 0.776. The minimum atomic E-state index is 0.463. The van der Waals surface area contributed by atoms with Gasteiger partial charge >= 0.3 is 0 Å². The molecule has 0 unspecified atom stereocenters. The smallest absolute Gasteiger partial charge is 0.134 e. The van der Waals surface area contributed by atoms with Crippen LogP contribution in [0.15, 0.2) is 6.33 Å². The van der Waals surface area contributed by atoms with E-state index >= 15 is 0 Å². The van der Waals surface area contributed by atoms with E-state index in [2.05, 4.69) is 36.1 Å². The Hall–Kier alpha value is -1.32. The van der Waals surface area contributed by atoms with E-state index < -0.39 is 0 Å². The number of nitrogens with one attached hydrogen (secondary N) is 1. The summed E-state index contributed by atoms with van der Waals surface area (Å²) in [5, 5.41) is 3.44. The molecule has 0 atom stereocenters. The highest BCUT2D eigenvalue weighted by molar-refractivity contribution is 5.55. The molecule has 0 aromatic carbocycles. The summed E-state index contributed by atoms with van der Waals surface area (Å²) < 4.78 is 0. The maximum absolute atomic E-state index is 5.87. The molecule has 3 N–H and O–H groups in total. The molecular weight excluding hydrogens is 200 g/mol. The number of hydrogen-bond donors (Lipinski definition) is 2. The molecule has 16 heavy (non-hydrogen) atoms. The number of nitrogen functional groups attached to an aromatic ring is 1. The van der Waals surface area contributed by atoms with Crippen molar-refractivity contribution in [3.05, 3.63) is 11.9 Å². The van der Waals surface area contributed by atoms with Gasteiger partial charge in [-0.15, -0.1) is 0 Å². The monoisotopic (exact) mass is 222 g/mol. The van der Waals surface area contributed by atoms with Gasteiger partial charge in [-0.25, -0.2) is 9.97 Å². The zero-order valence-corrected chi connectivity index (χ0v) is 10.5. The molecule has 1 rings (SSSR count). The van der Waals surface area contributed by atoms with Gasteiger partial charge in [-0.2, -0.15) is 0 Å². The van der Waals surface area contributed by atoms with Crippen molar-refractivity contribution in [2.24, 2.45) is 0 Å². The topological polar surface area (TPSA) is 63.8 Å². The second kappa shape index (κ2) is 6.30. The maximum Gasteiger partial charge on any atom is 0.134 e. The summed E-state index contributed by atoms with van der Waals surface area (Å²) in [5.74, 6) is 1.51. The minimum Gasteiger partial charge on any atom is -0.383 e.